The zero-order valence-corrected chi connectivity index (χ0v) is 31.8. The molecule has 16 heteroatoms. The maximum Gasteiger partial charge on any atom is 0.446 e. The van der Waals surface area contributed by atoms with Gasteiger partial charge in [-0.2, -0.15) is 31.4 Å². The Morgan fingerprint density at radius 1 is 1.09 bits per heavy atom. The van der Waals surface area contributed by atoms with Crippen LogP contribution in [0.1, 0.15) is 57.2 Å². The molecule has 1 aliphatic rings. The van der Waals surface area contributed by atoms with Crippen molar-refractivity contribution in [2.75, 3.05) is 20.8 Å². The Morgan fingerprint density at radius 2 is 1.80 bits per heavy atom. The number of hydrogen-bond donors (Lipinski definition) is 1. The van der Waals surface area contributed by atoms with E-state index < -0.39 is 64.0 Å². The Bertz CT molecular complexity index is 1840. The number of ether oxygens (including phenoxy) is 2. The lowest BCUT2D eigenvalue weighted by atomic mass is 9.86. The second-order valence-corrected chi connectivity index (χ2v) is 13.7. The van der Waals surface area contributed by atoms with Gasteiger partial charge in [0.1, 0.15) is 11.6 Å². The number of nitrogens with zero attached hydrogens (tertiary/aromatic N) is 4. The molecule has 0 saturated carbocycles. The summed E-state index contributed by atoms with van der Waals surface area (Å²) in [5, 5.41) is 13.8. The first-order valence-electron chi connectivity index (χ1n) is 16.9. The molecule has 9 nitrogen and oxygen atoms in total. The van der Waals surface area contributed by atoms with E-state index >= 15 is 0 Å². The zero-order valence-electron chi connectivity index (χ0n) is 31.0. The Balaban J connectivity index is 2.08. The average molecular weight is 783 g/mol. The summed E-state index contributed by atoms with van der Waals surface area (Å²) in [5.41, 5.74) is -3.57. The van der Waals surface area contributed by atoms with Crippen LogP contribution in [0.4, 0.5) is 31.1 Å². The quantitative estimate of drug-likeness (QED) is 0.0669. The summed E-state index contributed by atoms with van der Waals surface area (Å²) in [5.74, 6) is -0.605. The summed E-state index contributed by atoms with van der Waals surface area (Å²) in [6.07, 6.45) is 8.91. The van der Waals surface area contributed by atoms with Crippen LogP contribution in [0.15, 0.2) is 99.4 Å². The van der Waals surface area contributed by atoms with Crippen LogP contribution in [0.2, 0.25) is 0 Å². The molecule has 0 spiro atoms. The molecule has 0 fully saturated rings. The van der Waals surface area contributed by atoms with Crippen molar-refractivity contribution in [2.24, 2.45) is 10.9 Å². The van der Waals surface area contributed by atoms with E-state index in [4.69, 9.17) is 14.5 Å². The van der Waals surface area contributed by atoms with Crippen LogP contribution in [-0.2, 0) is 26.9 Å². The van der Waals surface area contributed by atoms with Gasteiger partial charge in [0.05, 0.1) is 37.6 Å². The van der Waals surface area contributed by atoms with Crippen molar-refractivity contribution in [3.8, 4) is 0 Å². The first-order valence-corrected chi connectivity index (χ1v) is 17.7. The molecule has 0 saturated heterocycles. The summed E-state index contributed by atoms with van der Waals surface area (Å²) in [4.78, 5) is 30.5. The summed E-state index contributed by atoms with van der Waals surface area (Å²) in [7, 11) is 2.66. The van der Waals surface area contributed by atoms with E-state index in [0.29, 0.717) is 36.1 Å². The van der Waals surface area contributed by atoms with Gasteiger partial charge in [-0.25, -0.2) is 14.3 Å². The lowest BCUT2D eigenvalue weighted by Crippen LogP contribution is -2.46. The van der Waals surface area contributed by atoms with Crippen LogP contribution in [0.3, 0.4) is 0 Å². The summed E-state index contributed by atoms with van der Waals surface area (Å²) < 4.78 is 93.4. The van der Waals surface area contributed by atoms with Crippen LogP contribution in [-0.4, -0.2) is 76.0 Å². The molecule has 0 bridgehead atoms. The van der Waals surface area contributed by atoms with Crippen molar-refractivity contribution in [1.29, 1.82) is 0 Å². The van der Waals surface area contributed by atoms with Gasteiger partial charge in [-0.15, -0.1) is 0 Å². The van der Waals surface area contributed by atoms with Gasteiger partial charge in [0.25, 0.3) is 0 Å². The van der Waals surface area contributed by atoms with Crippen molar-refractivity contribution in [3.63, 3.8) is 0 Å². The Hall–Kier alpha value is -4.73. The number of aromatic nitrogens is 2. The number of alkyl halides is 6. The molecule has 0 radical (unpaired) electrons. The standard InChI is InChI=1S/C38H44F6N4O5S/c1-8-27(35(49)50)15-23(3)11-10-12-31(33(9-2)52-6)30-13-14-34(48-21-24(4)20-45-48)46-32(30)22-47(36(51)53-7)25(5)16-26-17-28(37(39,40)41)19-29(18-26)54-38(42,43)44/h8-9,12-15,17-21,25,30,32H,10-11,16,22H2,1-7H3,(H,49,50)/b23-15-,27-8+,31-12-,33-9+/t25-,30?,32?/m0/s1. The number of carboxylic acid groups (broad SMARTS) is 1. The fourth-order valence-electron chi connectivity index (χ4n) is 5.95. The molecule has 1 amide bonds. The molecule has 2 unspecified atom stereocenters. The first kappa shape index (κ1) is 43.7. The van der Waals surface area contributed by atoms with E-state index in [9.17, 15) is 41.0 Å². The van der Waals surface area contributed by atoms with E-state index in [0.717, 1.165) is 30.4 Å². The number of benzene rings is 1. The molecular weight excluding hydrogens is 738 g/mol. The number of rotatable bonds is 14. The third-order valence-electron chi connectivity index (χ3n) is 8.48. The molecule has 2 aromatic rings. The molecule has 1 aliphatic heterocycles. The molecule has 294 valence electrons. The maximum absolute atomic E-state index is 13.8. The first-order chi connectivity index (χ1) is 25.3. The monoisotopic (exact) mass is 782 g/mol. The predicted octanol–water partition coefficient (Wildman–Crippen LogP) is 9.56. The minimum absolute atomic E-state index is 0.0576. The van der Waals surface area contributed by atoms with Gasteiger partial charge in [0.15, 0.2) is 0 Å². The highest BCUT2D eigenvalue weighted by Gasteiger charge is 2.36. The number of aryl methyl sites for hydroxylation is 1. The van der Waals surface area contributed by atoms with Crippen molar-refractivity contribution in [2.45, 2.75) is 82.5 Å². The highest BCUT2D eigenvalue weighted by atomic mass is 32.2. The number of dihydropyridines is 1. The number of hydrogen-bond acceptors (Lipinski definition) is 7. The predicted molar refractivity (Wildman–Crippen MR) is 195 cm³/mol. The van der Waals surface area contributed by atoms with Crippen LogP contribution in [0.5, 0.6) is 0 Å². The smallest absolute Gasteiger partial charge is 0.446 e. The average Bonchev–Trinajstić information content (AvgIpc) is 3.53. The maximum atomic E-state index is 13.8. The molecule has 0 aliphatic carbocycles. The van der Waals surface area contributed by atoms with E-state index in [2.05, 4.69) is 5.10 Å². The number of aliphatic carboxylic acids is 1. The van der Waals surface area contributed by atoms with Crippen molar-refractivity contribution in [3.05, 3.63) is 106 Å². The number of methoxy groups -OCH3 is 2. The number of carbonyl (C=O) groups is 2. The molecule has 3 atom stereocenters. The normalized spacial score (nSPS) is 18.0. The number of carboxylic acids is 1. The van der Waals surface area contributed by atoms with Gasteiger partial charge in [0, 0.05) is 29.6 Å². The van der Waals surface area contributed by atoms with Crippen LogP contribution in [0.25, 0.3) is 0 Å². The van der Waals surface area contributed by atoms with E-state index in [1.807, 2.05) is 26.0 Å². The van der Waals surface area contributed by atoms with Crippen LogP contribution < -0.4 is 0 Å². The number of amides is 1. The third-order valence-corrected chi connectivity index (χ3v) is 9.19. The van der Waals surface area contributed by atoms with Gasteiger partial charge in [-0.05, 0) is 119 Å². The number of thioether (sulfide) groups is 1. The Kier molecular flexibility index (Phi) is 15.4. The fraction of sp³-hybridized carbons (Fsp3) is 0.421. The fourth-order valence-corrected chi connectivity index (χ4v) is 6.62. The number of aliphatic imine (C=N–C) groups is 1. The minimum atomic E-state index is -4.91. The molecular formula is C38H44F6N4O5S. The van der Waals surface area contributed by atoms with Crippen LogP contribution in [0, 0.1) is 12.8 Å². The van der Waals surface area contributed by atoms with Gasteiger partial charge in [0.2, 0.25) is 0 Å². The van der Waals surface area contributed by atoms with Gasteiger partial charge in [-0.3, -0.25) is 4.99 Å². The van der Waals surface area contributed by atoms with E-state index in [1.165, 1.54) is 18.1 Å². The van der Waals surface area contributed by atoms with E-state index in [-0.39, 0.29) is 24.1 Å². The summed E-state index contributed by atoms with van der Waals surface area (Å²) >= 11 is -0.651. The SMILES string of the molecule is C/C=C(\C=C(\C)CC/C=C(\C(=C/C)OC)C1C=CC(n2cc(C)cn2)=NC1CN(C(=O)OC)[C@@H](C)Cc1cc(SC(F)(F)F)cc(C(F)(F)F)c1)C(=O)O. The largest absolute Gasteiger partial charge is 0.497 e. The third kappa shape index (κ3) is 12.4. The lowest BCUT2D eigenvalue weighted by Gasteiger charge is -2.35. The number of allylic oxidation sites excluding steroid dienone is 6. The number of carbonyl (C=O) groups excluding carboxylic acids is 1. The summed E-state index contributed by atoms with van der Waals surface area (Å²) in [6.45, 7) is 8.55. The second-order valence-electron chi connectivity index (χ2n) is 12.6. The Morgan fingerprint density at radius 3 is 2.33 bits per heavy atom. The molecule has 54 heavy (non-hydrogen) atoms. The second kappa shape index (κ2) is 19.0. The van der Waals surface area contributed by atoms with Gasteiger partial charge >= 0.3 is 23.7 Å². The molecule has 2 heterocycles. The highest BCUT2D eigenvalue weighted by molar-refractivity contribution is 8.00. The molecule has 1 aromatic carbocycles. The lowest BCUT2D eigenvalue weighted by molar-refractivity contribution is -0.138. The zero-order chi connectivity index (χ0) is 40.4. The highest BCUT2D eigenvalue weighted by Crippen LogP contribution is 2.40. The molecule has 3 rings (SSSR count). The minimum Gasteiger partial charge on any atom is -0.497 e. The van der Waals surface area contributed by atoms with Crippen molar-refractivity contribution < 1.29 is 50.5 Å². The molecule has 1 N–H and O–H groups in total. The Labute approximate surface area is 314 Å². The van der Waals surface area contributed by atoms with Crippen molar-refractivity contribution >= 4 is 29.7 Å². The van der Waals surface area contributed by atoms with Gasteiger partial charge < -0.3 is 19.5 Å². The summed E-state index contributed by atoms with van der Waals surface area (Å²) in [6, 6.07) is 0.663. The van der Waals surface area contributed by atoms with Crippen LogP contribution >= 0.6 is 11.8 Å². The van der Waals surface area contributed by atoms with Crippen molar-refractivity contribution in [1.82, 2.24) is 14.7 Å². The van der Waals surface area contributed by atoms with E-state index in [1.54, 1.807) is 56.1 Å². The topological polar surface area (TPSA) is 106 Å². The molecule has 1 aromatic heterocycles. The van der Waals surface area contributed by atoms with Gasteiger partial charge in [-0.1, -0.05) is 23.8 Å². The number of halogens is 6.